The van der Waals surface area contributed by atoms with Crippen LogP contribution >= 0.6 is 11.3 Å². The number of rotatable bonds is 4. The summed E-state index contributed by atoms with van der Waals surface area (Å²) in [4.78, 5) is 21.8. The Kier molecular flexibility index (Phi) is 4.84. The van der Waals surface area contributed by atoms with Gasteiger partial charge in [0, 0.05) is 46.0 Å². The molecule has 5 aromatic rings. The maximum Gasteiger partial charge on any atom is 0.252 e. The van der Waals surface area contributed by atoms with E-state index in [4.69, 9.17) is 4.74 Å². The first kappa shape index (κ1) is 19.2. The molecule has 0 fully saturated rings. The van der Waals surface area contributed by atoms with E-state index < -0.39 is 0 Å². The van der Waals surface area contributed by atoms with Gasteiger partial charge in [0.1, 0.15) is 11.5 Å². The Balaban J connectivity index is 1.51. The number of ether oxygens (including phenoxy) is 1. The van der Waals surface area contributed by atoms with Crippen LogP contribution in [0.15, 0.2) is 73.2 Å². The van der Waals surface area contributed by atoms with Gasteiger partial charge in [0.15, 0.2) is 0 Å². The molecule has 0 atom stereocenters. The SMILES string of the molecule is CNC(=O)c1c(C)sc2cc(Oc3ccnc4cc(-c5ccncc5)ccc34)ccc12. The van der Waals surface area contributed by atoms with E-state index in [9.17, 15) is 4.79 Å². The summed E-state index contributed by atoms with van der Waals surface area (Å²) >= 11 is 1.59. The molecule has 0 aliphatic carbocycles. The highest BCUT2D eigenvalue weighted by atomic mass is 32.1. The van der Waals surface area contributed by atoms with Gasteiger partial charge >= 0.3 is 0 Å². The lowest BCUT2D eigenvalue weighted by Gasteiger charge is -2.10. The number of fused-ring (bicyclic) bond motifs is 2. The molecule has 6 heteroatoms. The Labute approximate surface area is 183 Å². The maximum atomic E-state index is 12.2. The molecule has 3 heterocycles. The first-order valence-corrected chi connectivity index (χ1v) is 10.7. The van der Waals surface area contributed by atoms with E-state index in [1.165, 1.54) is 0 Å². The monoisotopic (exact) mass is 425 g/mol. The number of thiophene rings is 1. The summed E-state index contributed by atoms with van der Waals surface area (Å²) in [6.45, 7) is 1.96. The Bertz CT molecular complexity index is 1430. The Hall–Kier alpha value is -3.77. The lowest BCUT2D eigenvalue weighted by Crippen LogP contribution is -2.18. The predicted molar refractivity (Wildman–Crippen MR) is 125 cm³/mol. The van der Waals surface area contributed by atoms with E-state index in [0.29, 0.717) is 0 Å². The van der Waals surface area contributed by atoms with Crippen molar-refractivity contribution in [1.82, 2.24) is 15.3 Å². The van der Waals surface area contributed by atoms with Crippen LogP contribution in [-0.4, -0.2) is 22.9 Å². The normalized spacial score (nSPS) is 11.0. The van der Waals surface area contributed by atoms with Crippen LogP contribution in [0, 0.1) is 6.92 Å². The summed E-state index contributed by atoms with van der Waals surface area (Å²) in [5, 5.41) is 4.60. The average molecular weight is 426 g/mol. The van der Waals surface area contributed by atoms with Gasteiger partial charge in [0.05, 0.1) is 11.1 Å². The van der Waals surface area contributed by atoms with E-state index in [1.54, 1.807) is 37.0 Å². The molecule has 152 valence electrons. The maximum absolute atomic E-state index is 12.2. The number of carbonyl (C=O) groups is 1. The quantitative estimate of drug-likeness (QED) is 0.385. The number of nitrogens with one attached hydrogen (secondary N) is 1. The van der Waals surface area contributed by atoms with Crippen LogP contribution in [0.1, 0.15) is 15.2 Å². The van der Waals surface area contributed by atoms with E-state index in [1.807, 2.05) is 49.4 Å². The number of carbonyl (C=O) groups excluding carboxylic acids is 1. The largest absolute Gasteiger partial charge is 0.457 e. The van der Waals surface area contributed by atoms with Gasteiger partial charge in [-0.05, 0) is 66.6 Å². The molecule has 3 aromatic heterocycles. The Morgan fingerprint density at radius 3 is 2.55 bits per heavy atom. The zero-order valence-electron chi connectivity index (χ0n) is 17.0. The van der Waals surface area contributed by atoms with Gasteiger partial charge in [-0.2, -0.15) is 0 Å². The number of benzene rings is 2. The zero-order valence-corrected chi connectivity index (χ0v) is 17.9. The minimum Gasteiger partial charge on any atom is -0.457 e. The molecule has 1 amide bonds. The van der Waals surface area contributed by atoms with Gasteiger partial charge in [-0.3, -0.25) is 14.8 Å². The van der Waals surface area contributed by atoms with Gasteiger partial charge < -0.3 is 10.1 Å². The lowest BCUT2D eigenvalue weighted by atomic mass is 10.0. The van der Waals surface area contributed by atoms with Crippen LogP contribution in [0.4, 0.5) is 0 Å². The second-order valence-electron chi connectivity index (χ2n) is 7.15. The molecule has 5 rings (SSSR count). The zero-order chi connectivity index (χ0) is 21.4. The summed E-state index contributed by atoms with van der Waals surface area (Å²) in [6.07, 6.45) is 5.32. The summed E-state index contributed by atoms with van der Waals surface area (Å²) in [7, 11) is 1.65. The van der Waals surface area contributed by atoms with E-state index in [-0.39, 0.29) is 5.91 Å². The molecule has 0 bridgehead atoms. The molecule has 0 saturated heterocycles. The summed E-state index contributed by atoms with van der Waals surface area (Å²) in [5.41, 5.74) is 3.76. The molecule has 2 aromatic carbocycles. The molecule has 31 heavy (non-hydrogen) atoms. The van der Waals surface area contributed by atoms with Crippen LogP contribution in [0.25, 0.3) is 32.1 Å². The van der Waals surface area contributed by atoms with Gasteiger partial charge in [-0.1, -0.05) is 6.07 Å². The van der Waals surface area contributed by atoms with Crippen molar-refractivity contribution in [2.75, 3.05) is 7.05 Å². The highest BCUT2D eigenvalue weighted by Gasteiger charge is 2.16. The molecule has 0 aliphatic rings. The molecule has 0 radical (unpaired) electrons. The minimum atomic E-state index is -0.0671. The van der Waals surface area contributed by atoms with Gasteiger partial charge in [0.2, 0.25) is 0 Å². The third-order valence-corrected chi connectivity index (χ3v) is 6.30. The second-order valence-corrected chi connectivity index (χ2v) is 8.41. The topological polar surface area (TPSA) is 64.1 Å². The molecule has 1 N–H and O–H groups in total. The smallest absolute Gasteiger partial charge is 0.252 e. The number of nitrogens with zero attached hydrogens (tertiary/aromatic N) is 2. The standard InChI is InChI=1S/C25H19N3O2S/c1-15-24(25(29)26-2)20-6-4-18(14-23(20)31-15)30-22-9-12-28-21-13-17(3-5-19(21)22)16-7-10-27-11-8-16/h3-14H,1-2H3,(H,26,29). The molecule has 0 spiro atoms. The number of aryl methyl sites for hydroxylation is 1. The van der Waals surface area contributed by atoms with Crippen LogP contribution in [0.2, 0.25) is 0 Å². The predicted octanol–water partition coefficient (Wildman–Crippen LogP) is 5.97. The first-order chi connectivity index (χ1) is 15.1. The highest BCUT2D eigenvalue weighted by Crippen LogP contribution is 2.36. The van der Waals surface area contributed by atoms with Crippen molar-refractivity contribution in [3.05, 3.63) is 83.6 Å². The number of hydrogen-bond acceptors (Lipinski definition) is 5. The van der Waals surface area contributed by atoms with Gasteiger partial charge in [-0.25, -0.2) is 0 Å². The van der Waals surface area contributed by atoms with Crippen LogP contribution in [0.3, 0.4) is 0 Å². The van der Waals surface area contributed by atoms with Crippen molar-refractivity contribution >= 4 is 38.2 Å². The summed E-state index contributed by atoms with van der Waals surface area (Å²) < 4.78 is 7.26. The molecular weight excluding hydrogens is 406 g/mol. The van der Waals surface area contributed by atoms with Gasteiger partial charge in [-0.15, -0.1) is 11.3 Å². The van der Waals surface area contributed by atoms with Crippen molar-refractivity contribution in [2.45, 2.75) is 6.92 Å². The van der Waals surface area contributed by atoms with E-state index in [2.05, 4.69) is 27.4 Å². The summed E-state index contributed by atoms with van der Waals surface area (Å²) in [5.74, 6) is 1.40. The third kappa shape index (κ3) is 3.51. The fourth-order valence-electron chi connectivity index (χ4n) is 3.73. The summed E-state index contributed by atoms with van der Waals surface area (Å²) in [6, 6.07) is 17.8. The first-order valence-electron chi connectivity index (χ1n) is 9.86. The molecule has 0 unspecified atom stereocenters. The van der Waals surface area contributed by atoms with Crippen LogP contribution < -0.4 is 10.1 Å². The Morgan fingerprint density at radius 2 is 1.74 bits per heavy atom. The average Bonchev–Trinajstić information content (AvgIpc) is 3.14. The van der Waals surface area contributed by atoms with E-state index in [0.717, 1.165) is 54.1 Å². The second kappa shape index (κ2) is 7.81. The van der Waals surface area contributed by atoms with Crippen LogP contribution in [0.5, 0.6) is 11.5 Å². The number of aromatic nitrogens is 2. The fraction of sp³-hybridized carbons (Fsp3) is 0.0800. The van der Waals surface area contributed by atoms with E-state index >= 15 is 0 Å². The van der Waals surface area contributed by atoms with Crippen molar-refractivity contribution < 1.29 is 9.53 Å². The molecule has 5 nitrogen and oxygen atoms in total. The van der Waals surface area contributed by atoms with Crippen molar-refractivity contribution in [3.8, 4) is 22.6 Å². The van der Waals surface area contributed by atoms with Crippen molar-refractivity contribution in [3.63, 3.8) is 0 Å². The number of amides is 1. The third-order valence-electron chi connectivity index (χ3n) is 5.24. The minimum absolute atomic E-state index is 0.0671. The molecule has 0 aliphatic heterocycles. The Morgan fingerprint density at radius 1 is 0.935 bits per heavy atom. The highest BCUT2D eigenvalue weighted by molar-refractivity contribution is 7.19. The van der Waals surface area contributed by atoms with Gasteiger partial charge in [0.25, 0.3) is 5.91 Å². The van der Waals surface area contributed by atoms with Crippen molar-refractivity contribution in [2.24, 2.45) is 0 Å². The van der Waals surface area contributed by atoms with Crippen LogP contribution in [-0.2, 0) is 0 Å². The molecule has 0 saturated carbocycles. The fourth-order valence-corrected chi connectivity index (χ4v) is 4.82. The number of hydrogen-bond donors (Lipinski definition) is 1. The lowest BCUT2D eigenvalue weighted by molar-refractivity contribution is 0.0964. The number of pyridine rings is 2. The van der Waals surface area contributed by atoms with Crippen molar-refractivity contribution in [1.29, 1.82) is 0 Å². The molecular formula is C25H19N3O2S.